The van der Waals surface area contributed by atoms with Crippen LogP contribution in [0.2, 0.25) is 5.02 Å². The van der Waals surface area contributed by atoms with Gasteiger partial charge in [-0.05, 0) is 23.8 Å². The summed E-state index contributed by atoms with van der Waals surface area (Å²) in [5.74, 6) is -4.18. The number of benzene rings is 1. The minimum atomic E-state index is -1.94. The fraction of sp³-hybridized carbons (Fsp3) is 0.300. The van der Waals surface area contributed by atoms with Crippen molar-refractivity contribution in [2.75, 3.05) is 6.54 Å². The molecule has 1 fully saturated rings. The largest absolute Gasteiger partial charge is 0.480 e. The molecular weight excluding hydrogens is 464 g/mol. The lowest BCUT2D eigenvalue weighted by Crippen LogP contribution is -2.61. The summed E-state index contributed by atoms with van der Waals surface area (Å²) in [6, 6.07) is 7.89. The molecule has 5 atom stereocenters. The van der Waals surface area contributed by atoms with Crippen molar-refractivity contribution < 1.29 is 49.4 Å². The summed E-state index contributed by atoms with van der Waals surface area (Å²) in [6.45, 7) is -0.718. The number of halogens is 1. The van der Waals surface area contributed by atoms with Crippen LogP contribution in [0.3, 0.4) is 0 Å². The molecule has 2 heterocycles. The Balaban J connectivity index is 1.99. The third kappa shape index (κ3) is 5.56. The Morgan fingerprint density at radius 1 is 1.06 bits per heavy atom. The van der Waals surface area contributed by atoms with Crippen LogP contribution in [0.1, 0.15) is 10.5 Å². The third-order valence-corrected chi connectivity index (χ3v) is 4.92. The van der Waals surface area contributed by atoms with Gasteiger partial charge >= 0.3 is 11.9 Å². The van der Waals surface area contributed by atoms with E-state index in [0.717, 1.165) is 0 Å². The van der Waals surface area contributed by atoms with Gasteiger partial charge in [-0.1, -0.05) is 23.7 Å². The molecule has 0 aliphatic carbocycles. The summed E-state index contributed by atoms with van der Waals surface area (Å²) in [4.78, 5) is 38.6. The van der Waals surface area contributed by atoms with Crippen molar-refractivity contribution in [2.45, 2.75) is 30.7 Å². The summed E-state index contributed by atoms with van der Waals surface area (Å²) in [7, 11) is 0. The van der Waals surface area contributed by atoms with Gasteiger partial charge in [0.2, 0.25) is 6.29 Å². The van der Waals surface area contributed by atoms with E-state index in [4.69, 9.17) is 26.2 Å². The highest BCUT2D eigenvalue weighted by molar-refractivity contribution is 6.30. The Morgan fingerprint density at radius 2 is 1.79 bits per heavy atom. The molecule has 1 aliphatic heterocycles. The number of rotatable bonds is 7. The van der Waals surface area contributed by atoms with Crippen LogP contribution in [0.5, 0.6) is 5.75 Å². The standard InChI is InChI=1S/C20H19ClN2O10/c21-10-3-1-2-8(4-10)9-5-11(13(22-6-9)18(29)23-7-12(24)25)32-20-16(28)14(26)15(27)17(33-20)19(30)31/h1-6,14-17,20,26-28H,7H2,(H,23,29)(H,24,25)(H,30,31)/t14?,15-,16-,17?,20+/m0/s1. The number of ether oxygens (including phenoxy) is 2. The number of aromatic nitrogens is 1. The van der Waals surface area contributed by atoms with E-state index in [1.54, 1.807) is 24.3 Å². The van der Waals surface area contributed by atoms with E-state index in [0.29, 0.717) is 16.1 Å². The van der Waals surface area contributed by atoms with Gasteiger partial charge in [0.15, 0.2) is 17.5 Å². The Kier molecular flexibility index (Phi) is 7.46. The maximum Gasteiger partial charge on any atom is 0.335 e. The molecule has 2 aromatic rings. The zero-order chi connectivity index (χ0) is 24.3. The second-order valence-electron chi connectivity index (χ2n) is 7.01. The number of carbonyl (C=O) groups excluding carboxylic acids is 1. The van der Waals surface area contributed by atoms with E-state index >= 15 is 0 Å². The quantitative estimate of drug-likeness (QED) is 0.297. The molecule has 6 N–H and O–H groups in total. The number of aliphatic carboxylic acids is 2. The van der Waals surface area contributed by atoms with Crippen molar-refractivity contribution in [3.8, 4) is 16.9 Å². The van der Waals surface area contributed by atoms with E-state index in [9.17, 15) is 34.8 Å². The van der Waals surface area contributed by atoms with Crippen molar-refractivity contribution in [2.24, 2.45) is 0 Å². The Bertz CT molecular complexity index is 1060. The number of hydrogen-bond donors (Lipinski definition) is 6. The molecule has 176 valence electrons. The number of nitrogens with one attached hydrogen (secondary N) is 1. The predicted octanol–water partition coefficient (Wildman–Crippen LogP) is -0.513. The number of aliphatic hydroxyl groups is 3. The van der Waals surface area contributed by atoms with Gasteiger partial charge in [0.25, 0.3) is 5.91 Å². The van der Waals surface area contributed by atoms with Gasteiger partial charge < -0.3 is 40.3 Å². The number of hydrogen-bond acceptors (Lipinski definition) is 9. The molecule has 1 amide bonds. The van der Waals surface area contributed by atoms with Gasteiger partial charge in [-0.15, -0.1) is 0 Å². The van der Waals surface area contributed by atoms with Gasteiger partial charge in [0, 0.05) is 16.8 Å². The predicted molar refractivity (Wildman–Crippen MR) is 110 cm³/mol. The summed E-state index contributed by atoms with van der Waals surface area (Å²) in [5.41, 5.74) is 0.578. The fourth-order valence-corrected chi connectivity index (χ4v) is 3.24. The number of carbonyl (C=O) groups is 3. The van der Waals surface area contributed by atoms with Gasteiger partial charge in [-0.2, -0.15) is 0 Å². The van der Waals surface area contributed by atoms with E-state index < -0.39 is 60.8 Å². The second-order valence-corrected chi connectivity index (χ2v) is 7.45. The van der Waals surface area contributed by atoms with Crippen LogP contribution in [0.25, 0.3) is 11.1 Å². The van der Waals surface area contributed by atoms with Gasteiger partial charge in [0.05, 0.1) is 0 Å². The normalized spacial score (nSPS) is 24.7. The summed E-state index contributed by atoms with van der Waals surface area (Å²) < 4.78 is 10.6. The highest BCUT2D eigenvalue weighted by Gasteiger charge is 2.48. The first-order valence-corrected chi connectivity index (χ1v) is 9.81. The topological polar surface area (TPSA) is 196 Å². The molecule has 1 aromatic heterocycles. The van der Waals surface area contributed by atoms with E-state index in [2.05, 4.69) is 10.3 Å². The minimum Gasteiger partial charge on any atom is -0.480 e. The molecule has 0 saturated carbocycles. The minimum absolute atomic E-state index is 0.313. The molecule has 2 unspecified atom stereocenters. The van der Waals surface area contributed by atoms with Crippen LogP contribution >= 0.6 is 11.6 Å². The second kappa shape index (κ2) is 10.1. The highest BCUT2D eigenvalue weighted by atomic mass is 35.5. The molecule has 1 aromatic carbocycles. The van der Waals surface area contributed by atoms with Crippen molar-refractivity contribution >= 4 is 29.4 Å². The number of pyridine rings is 1. The third-order valence-electron chi connectivity index (χ3n) is 4.68. The van der Waals surface area contributed by atoms with Crippen LogP contribution in [-0.4, -0.2) is 85.6 Å². The molecule has 12 nitrogen and oxygen atoms in total. The average molecular weight is 483 g/mol. The summed E-state index contributed by atoms with van der Waals surface area (Å²) in [5, 5.41) is 50.6. The Hall–Kier alpha value is -3.29. The molecule has 1 saturated heterocycles. The first-order chi connectivity index (χ1) is 15.6. The lowest BCUT2D eigenvalue weighted by molar-refractivity contribution is -0.271. The lowest BCUT2D eigenvalue weighted by atomic mass is 9.99. The van der Waals surface area contributed by atoms with Crippen LogP contribution < -0.4 is 10.1 Å². The van der Waals surface area contributed by atoms with Crippen LogP contribution in [0.15, 0.2) is 36.5 Å². The zero-order valence-corrected chi connectivity index (χ0v) is 17.4. The molecular formula is C20H19ClN2O10. The number of aliphatic hydroxyl groups excluding tert-OH is 3. The molecule has 0 radical (unpaired) electrons. The van der Waals surface area contributed by atoms with Gasteiger partial charge in [-0.3, -0.25) is 9.59 Å². The number of carboxylic acids is 2. The van der Waals surface area contributed by atoms with Crippen molar-refractivity contribution in [1.29, 1.82) is 0 Å². The molecule has 1 aliphatic rings. The highest BCUT2D eigenvalue weighted by Crippen LogP contribution is 2.30. The number of amides is 1. The van der Waals surface area contributed by atoms with Gasteiger partial charge in [0.1, 0.15) is 24.9 Å². The monoisotopic (exact) mass is 482 g/mol. The van der Waals surface area contributed by atoms with E-state index in [1.165, 1.54) is 12.3 Å². The van der Waals surface area contributed by atoms with E-state index in [1.807, 2.05) is 0 Å². The number of carboxylic acid groups (broad SMARTS) is 2. The van der Waals surface area contributed by atoms with E-state index in [-0.39, 0.29) is 5.75 Å². The van der Waals surface area contributed by atoms with Crippen molar-refractivity contribution in [3.63, 3.8) is 0 Å². The van der Waals surface area contributed by atoms with Crippen LogP contribution in [0, 0.1) is 0 Å². The fourth-order valence-electron chi connectivity index (χ4n) is 3.04. The van der Waals surface area contributed by atoms with Crippen LogP contribution in [0.4, 0.5) is 0 Å². The van der Waals surface area contributed by atoms with Crippen molar-refractivity contribution in [1.82, 2.24) is 10.3 Å². The first kappa shape index (κ1) is 24.4. The zero-order valence-electron chi connectivity index (χ0n) is 16.7. The maximum atomic E-state index is 12.5. The first-order valence-electron chi connectivity index (χ1n) is 9.43. The maximum absolute atomic E-state index is 12.5. The van der Waals surface area contributed by atoms with Crippen molar-refractivity contribution in [3.05, 3.63) is 47.2 Å². The Labute approximate surface area is 191 Å². The molecule has 13 heteroatoms. The SMILES string of the molecule is O=C(O)CNC(=O)c1ncc(-c2cccc(Cl)c2)cc1O[C@@H]1OC(C(=O)O)[C@@H](O)C(O)[C@@H]1O. The molecule has 33 heavy (non-hydrogen) atoms. The summed E-state index contributed by atoms with van der Waals surface area (Å²) in [6.07, 6.45) is -8.20. The Morgan fingerprint density at radius 3 is 2.42 bits per heavy atom. The lowest BCUT2D eigenvalue weighted by Gasteiger charge is -2.38. The van der Waals surface area contributed by atoms with Gasteiger partial charge in [-0.25, -0.2) is 9.78 Å². The van der Waals surface area contributed by atoms with Crippen LogP contribution in [-0.2, 0) is 14.3 Å². The molecule has 3 rings (SSSR count). The smallest absolute Gasteiger partial charge is 0.335 e. The summed E-state index contributed by atoms with van der Waals surface area (Å²) >= 11 is 6.01. The molecule has 0 bridgehead atoms. The number of nitrogens with zero attached hydrogens (tertiary/aromatic N) is 1. The average Bonchev–Trinajstić information content (AvgIpc) is 2.77. The molecule has 0 spiro atoms.